The molecule has 0 aromatic rings. The van der Waals surface area contributed by atoms with Crippen molar-refractivity contribution in [2.75, 3.05) is 33.2 Å². The molecule has 3 nitrogen and oxygen atoms in total. The lowest BCUT2D eigenvalue weighted by Crippen LogP contribution is -2.61. The fraction of sp³-hybridized carbons (Fsp3) is 1.00. The van der Waals surface area contributed by atoms with E-state index in [9.17, 15) is 0 Å². The summed E-state index contributed by atoms with van der Waals surface area (Å²) in [6, 6.07) is 2.27. The first-order chi connectivity index (χ1) is 8.13. The van der Waals surface area contributed by atoms with Crippen LogP contribution >= 0.6 is 0 Å². The third kappa shape index (κ3) is 2.83. The number of rotatable bonds is 4. The number of hydrogen-bond donors (Lipinski definition) is 1. The smallest absolute Gasteiger partial charge is 0.0195 e. The van der Waals surface area contributed by atoms with Gasteiger partial charge in [-0.15, -0.1) is 0 Å². The van der Waals surface area contributed by atoms with E-state index in [-0.39, 0.29) is 0 Å². The second-order valence-electron chi connectivity index (χ2n) is 6.03. The Kier molecular flexibility index (Phi) is 4.45. The van der Waals surface area contributed by atoms with Gasteiger partial charge in [-0.25, -0.2) is 0 Å². The van der Waals surface area contributed by atoms with Gasteiger partial charge in [0.05, 0.1) is 0 Å². The summed E-state index contributed by atoms with van der Waals surface area (Å²) < 4.78 is 0. The van der Waals surface area contributed by atoms with Gasteiger partial charge in [-0.1, -0.05) is 6.92 Å². The van der Waals surface area contributed by atoms with E-state index in [1.54, 1.807) is 0 Å². The van der Waals surface area contributed by atoms with Crippen molar-refractivity contribution >= 4 is 0 Å². The van der Waals surface area contributed by atoms with Crippen molar-refractivity contribution < 1.29 is 0 Å². The van der Waals surface area contributed by atoms with E-state index in [4.69, 9.17) is 0 Å². The van der Waals surface area contributed by atoms with Gasteiger partial charge in [-0.3, -0.25) is 9.80 Å². The summed E-state index contributed by atoms with van der Waals surface area (Å²) in [6.45, 7) is 11.8. The van der Waals surface area contributed by atoms with Crippen molar-refractivity contribution in [2.45, 2.75) is 51.7 Å². The number of nitrogens with zero attached hydrogens (tertiary/aromatic N) is 2. The summed E-state index contributed by atoms with van der Waals surface area (Å²) >= 11 is 0. The van der Waals surface area contributed by atoms with Crippen LogP contribution < -0.4 is 5.32 Å². The average Bonchev–Trinajstić information content (AvgIpc) is 2.25. The average molecular weight is 239 g/mol. The maximum absolute atomic E-state index is 3.51. The maximum atomic E-state index is 3.51. The Labute approximate surface area is 107 Å². The fourth-order valence-corrected chi connectivity index (χ4v) is 3.32. The van der Waals surface area contributed by atoms with Crippen LogP contribution in [-0.2, 0) is 0 Å². The molecular formula is C14H29N3. The molecule has 1 heterocycles. The van der Waals surface area contributed by atoms with Crippen LogP contribution in [-0.4, -0.2) is 61.2 Å². The summed E-state index contributed by atoms with van der Waals surface area (Å²) in [5.41, 5.74) is 0. The van der Waals surface area contributed by atoms with E-state index in [0.29, 0.717) is 12.1 Å². The molecule has 2 aliphatic rings. The first-order valence-corrected chi connectivity index (χ1v) is 7.30. The second-order valence-corrected chi connectivity index (χ2v) is 6.03. The molecule has 0 amide bonds. The van der Waals surface area contributed by atoms with Crippen LogP contribution in [0.4, 0.5) is 0 Å². The Morgan fingerprint density at radius 3 is 2.24 bits per heavy atom. The minimum Gasteiger partial charge on any atom is -0.317 e. The molecule has 2 rings (SSSR count). The highest BCUT2D eigenvalue weighted by molar-refractivity contribution is 4.94. The number of likely N-dealkylation sites (N-methyl/N-ethyl adjacent to an activating group) is 1. The molecule has 1 saturated carbocycles. The van der Waals surface area contributed by atoms with Crippen LogP contribution in [0.25, 0.3) is 0 Å². The van der Waals surface area contributed by atoms with Crippen molar-refractivity contribution in [2.24, 2.45) is 5.92 Å². The number of nitrogens with one attached hydrogen (secondary N) is 1. The summed E-state index contributed by atoms with van der Waals surface area (Å²) in [4.78, 5) is 5.27. The zero-order chi connectivity index (χ0) is 12.4. The molecule has 4 unspecified atom stereocenters. The van der Waals surface area contributed by atoms with E-state index >= 15 is 0 Å². The third-order valence-electron chi connectivity index (χ3n) is 4.89. The van der Waals surface area contributed by atoms with Crippen molar-refractivity contribution in [3.8, 4) is 0 Å². The normalized spacial score (nSPS) is 40.2. The SMILES string of the molecule is CCNCC1CCC1N1CC(C)N(C)C(C)C1. The lowest BCUT2D eigenvalue weighted by molar-refractivity contribution is -0.0166. The van der Waals surface area contributed by atoms with Gasteiger partial charge >= 0.3 is 0 Å². The van der Waals surface area contributed by atoms with Crippen molar-refractivity contribution in [1.29, 1.82) is 0 Å². The van der Waals surface area contributed by atoms with E-state index in [1.165, 1.54) is 32.5 Å². The molecule has 0 spiro atoms. The van der Waals surface area contributed by atoms with Gasteiger partial charge in [-0.05, 0) is 52.7 Å². The van der Waals surface area contributed by atoms with Crippen molar-refractivity contribution in [3.05, 3.63) is 0 Å². The van der Waals surface area contributed by atoms with Crippen LogP contribution in [0.2, 0.25) is 0 Å². The summed E-state index contributed by atoms with van der Waals surface area (Å²) in [5, 5.41) is 3.51. The van der Waals surface area contributed by atoms with E-state index in [0.717, 1.165) is 18.5 Å². The molecule has 1 N–H and O–H groups in total. The predicted molar refractivity (Wildman–Crippen MR) is 73.3 cm³/mol. The van der Waals surface area contributed by atoms with Crippen molar-refractivity contribution in [3.63, 3.8) is 0 Å². The molecule has 100 valence electrons. The van der Waals surface area contributed by atoms with E-state index in [1.807, 2.05) is 0 Å². The van der Waals surface area contributed by atoms with Gasteiger partial charge in [0.25, 0.3) is 0 Å². The minimum atomic E-state index is 0.708. The summed E-state index contributed by atoms with van der Waals surface area (Å²) in [6.07, 6.45) is 2.84. The van der Waals surface area contributed by atoms with E-state index in [2.05, 4.69) is 42.9 Å². The topological polar surface area (TPSA) is 18.5 Å². The van der Waals surface area contributed by atoms with Gasteiger partial charge in [0.2, 0.25) is 0 Å². The highest BCUT2D eigenvalue weighted by atomic mass is 15.3. The number of piperazine rings is 1. The first kappa shape index (κ1) is 13.3. The van der Waals surface area contributed by atoms with Gasteiger partial charge in [0.1, 0.15) is 0 Å². The maximum Gasteiger partial charge on any atom is 0.0195 e. The zero-order valence-corrected chi connectivity index (χ0v) is 11.9. The molecule has 2 fully saturated rings. The lowest BCUT2D eigenvalue weighted by atomic mass is 9.77. The molecule has 4 atom stereocenters. The van der Waals surface area contributed by atoms with Crippen molar-refractivity contribution in [1.82, 2.24) is 15.1 Å². The third-order valence-corrected chi connectivity index (χ3v) is 4.89. The Hall–Kier alpha value is -0.120. The Morgan fingerprint density at radius 1 is 1.12 bits per heavy atom. The molecule has 0 aromatic heterocycles. The standard InChI is InChI=1S/C14H29N3/c1-5-15-8-13-6-7-14(13)17-9-11(2)16(4)12(3)10-17/h11-15H,5-10H2,1-4H3. The van der Waals surface area contributed by atoms with Gasteiger partial charge in [0.15, 0.2) is 0 Å². The number of hydrogen-bond acceptors (Lipinski definition) is 3. The summed E-state index contributed by atoms with van der Waals surface area (Å²) in [7, 11) is 2.27. The van der Waals surface area contributed by atoms with Crippen LogP contribution in [0, 0.1) is 5.92 Å². The first-order valence-electron chi connectivity index (χ1n) is 7.30. The fourth-order valence-electron chi connectivity index (χ4n) is 3.32. The predicted octanol–water partition coefficient (Wildman–Crippen LogP) is 1.40. The molecule has 1 aliphatic carbocycles. The summed E-state index contributed by atoms with van der Waals surface area (Å²) in [5.74, 6) is 0.901. The van der Waals surface area contributed by atoms with Crippen LogP contribution in [0.1, 0.15) is 33.6 Å². The molecule has 1 saturated heterocycles. The molecular weight excluding hydrogens is 210 g/mol. The molecule has 3 heteroatoms. The van der Waals surface area contributed by atoms with Crippen LogP contribution in [0.3, 0.4) is 0 Å². The molecule has 0 radical (unpaired) electrons. The quantitative estimate of drug-likeness (QED) is 0.800. The molecule has 0 aromatic carbocycles. The largest absolute Gasteiger partial charge is 0.317 e. The van der Waals surface area contributed by atoms with Gasteiger partial charge in [0, 0.05) is 31.2 Å². The molecule has 1 aliphatic heterocycles. The second kappa shape index (κ2) is 5.68. The Balaban J connectivity index is 1.86. The van der Waals surface area contributed by atoms with Crippen LogP contribution in [0.15, 0.2) is 0 Å². The Bertz CT molecular complexity index is 232. The Morgan fingerprint density at radius 2 is 1.76 bits per heavy atom. The highest BCUT2D eigenvalue weighted by Gasteiger charge is 2.38. The van der Waals surface area contributed by atoms with Gasteiger partial charge < -0.3 is 5.32 Å². The molecule has 17 heavy (non-hydrogen) atoms. The monoisotopic (exact) mass is 239 g/mol. The lowest BCUT2D eigenvalue weighted by Gasteiger charge is -2.51. The minimum absolute atomic E-state index is 0.708. The molecule has 0 bridgehead atoms. The highest BCUT2D eigenvalue weighted by Crippen LogP contribution is 2.33. The zero-order valence-electron chi connectivity index (χ0n) is 11.9. The van der Waals surface area contributed by atoms with Gasteiger partial charge in [-0.2, -0.15) is 0 Å². The van der Waals surface area contributed by atoms with E-state index < -0.39 is 0 Å². The van der Waals surface area contributed by atoms with Crippen LogP contribution in [0.5, 0.6) is 0 Å².